The van der Waals surface area contributed by atoms with Crippen LogP contribution in [0.4, 0.5) is 0 Å². The van der Waals surface area contributed by atoms with Crippen LogP contribution >= 0.6 is 11.6 Å². The fourth-order valence-electron chi connectivity index (χ4n) is 2.16. The van der Waals surface area contributed by atoms with Gasteiger partial charge in [-0.25, -0.2) is 0 Å². The minimum atomic E-state index is -0.103. The number of amides is 1. The summed E-state index contributed by atoms with van der Waals surface area (Å²) in [5.74, 6) is 0.784. The van der Waals surface area contributed by atoms with E-state index in [4.69, 9.17) is 16.0 Å². The topological polar surface area (TPSA) is 73.0 Å². The van der Waals surface area contributed by atoms with E-state index in [1.54, 1.807) is 29.8 Å². The lowest BCUT2D eigenvalue weighted by Gasteiger charge is -2.08. The maximum atomic E-state index is 12.1. The van der Waals surface area contributed by atoms with Gasteiger partial charge >= 0.3 is 0 Å². The molecule has 0 aliphatic rings. The molecular formula is C16H15ClN4O2. The summed E-state index contributed by atoms with van der Waals surface area (Å²) in [4.78, 5) is 12.1. The van der Waals surface area contributed by atoms with Gasteiger partial charge < -0.3 is 14.3 Å². The molecule has 0 fully saturated rings. The van der Waals surface area contributed by atoms with E-state index in [-0.39, 0.29) is 12.5 Å². The normalized spacial score (nSPS) is 10.7. The number of rotatable bonds is 5. The zero-order valence-corrected chi connectivity index (χ0v) is 13.2. The Hall–Kier alpha value is -2.60. The van der Waals surface area contributed by atoms with E-state index in [1.807, 2.05) is 24.3 Å². The lowest BCUT2D eigenvalue weighted by molar-refractivity contribution is -0.121. The molecule has 0 aliphatic carbocycles. The quantitative estimate of drug-likeness (QED) is 0.780. The summed E-state index contributed by atoms with van der Waals surface area (Å²) in [5.41, 5.74) is 1.70. The lowest BCUT2D eigenvalue weighted by atomic mass is 10.2. The average molecular weight is 331 g/mol. The van der Waals surface area contributed by atoms with Gasteiger partial charge in [0.1, 0.15) is 12.2 Å². The Morgan fingerprint density at radius 3 is 2.74 bits per heavy atom. The number of carbonyl (C=O) groups excluding carboxylic acids is 1. The number of hydrogen-bond acceptors (Lipinski definition) is 4. The van der Waals surface area contributed by atoms with Crippen LogP contribution in [-0.4, -0.2) is 20.7 Å². The molecule has 1 aromatic carbocycles. The molecule has 2 aromatic heterocycles. The van der Waals surface area contributed by atoms with Crippen molar-refractivity contribution in [3.63, 3.8) is 0 Å². The van der Waals surface area contributed by atoms with Crippen LogP contribution in [0.2, 0.25) is 5.02 Å². The molecule has 0 radical (unpaired) electrons. The van der Waals surface area contributed by atoms with Crippen LogP contribution in [0.25, 0.3) is 11.6 Å². The monoisotopic (exact) mass is 330 g/mol. The van der Waals surface area contributed by atoms with Crippen LogP contribution in [0.1, 0.15) is 11.5 Å². The highest BCUT2D eigenvalue weighted by molar-refractivity contribution is 6.30. The molecule has 0 bridgehead atoms. The second-order valence-corrected chi connectivity index (χ2v) is 5.49. The summed E-state index contributed by atoms with van der Waals surface area (Å²) < 4.78 is 7.17. The molecule has 0 atom stereocenters. The Balaban J connectivity index is 1.62. The molecule has 3 aromatic rings. The van der Waals surface area contributed by atoms with E-state index in [0.29, 0.717) is 29.0 Å². The van der Waals surface area contributed by atoms with Crippen molar-refractivity contribution in [1.82, 2.24) is 20.1 Å². The maximum absolute atomic E-state index is 12.1. The van der Waals surface area contributed by atoms with Crippen LogP contribution in [-0.2, 0) is 17.9 Å². The van der Waals surface area contributed by atoms with Crippen molar-refractivity contribution in [3.8, 4) is 11.6 Å². The second kappa shape index (κ2) is 6.66. The summed E-state index contributed by atoms with van der Waals surface area (Å²) >= 11 is 5.84. The van der Waals surface area contributed by atoms with Crippen molar-refractivity contribution in [3.05, 3.63) is 59.1 Å². The van der Waals surface area contributed by atoms with Gasteiger partial charge in [-0.2, -0.15) is 0 Å². The molecule has 118 valence electrons. The number of carbonyl (C=O) groups is 1. The Bertz CT molecular complexity index is 808. The van der Waals surface area contributed by atoms with Crippen molar-refractivity contribution < 1.29 is 9.21 Å². The first-order chi connectivity index (χ1) is 11.1. The van der Waals surface area contributed by atoms with Gasteiger partial charge in [0.15, 0.2) is 0 Å². The largest absolute Gasteiger partial charge is 0.420 e. The van der Waals surface area contributed by atoms with Crippen molar-refractivity contribution in [2.24, 2.45) is 0 Å². The van der Waals surface area contributed by atoms with Crippen LogP contribution < -0.4 is 5.32 Å². The fraction of sp³-hybridized carbons (Fsp3) is 0.188. The molecule has 0 saturated heterocycles. The molecule has 0 spiro atoms. The van der Waals surface area contributed by atoms with E-state index in [9.17, 15) is 4.79 Å². The van der Waals surface area contributed by atoms with E-state index in [2.05, 4.69) is 15.5 Å². The van der Waals surface area contributed by atoms with Gasteiger partial charge in [0.25, 0.3) is 5.89 Å². The number of halogens is 1. The average Bonchev–Trinajstić information content (AvgIpc) is 3.15. The number of hydrogen-bond donors (Lipinski definition) is 1. The maximum Gasteiger partial charge on any atom is 0.264 e. The molecule has 6 nitrogen and oxygen atoms in total. The fourth-order valence-corrected chi connectivity index (χ4v) is 2.29. The van der Waals surface area contributed by atoms with Gasteiger partial charge in [-0.1, -0.05) is 23.7 Å². The minimum absolute atomic E-state index is 0.103. The lowest BCUT2D eigenvalue weighted by Crippen LogP contribution is -2.27. The molecule has 23 heavy (non-hydrogen) atoms. The summed E-state index contributed by atoms with van der Waals surface area (Å²) in [5, 5.41) is 11.3. The standard InChI is InChI=1S/C16H15ClN4O2/c1-11-19-20-16(23-11)14-3-2-8-21(14)10-15(22)18-9-12-4-6-13(17)7-5-12/h2-8H,9-10H2,1H3,(H,18,22). The third kappa shape index (κ3) is 3.78. The van der Waals surface area contributed by atoms with Crippen LogP contribution in [0.5, 0.6) is 0 Å². The van der Waals surface area contributed by atoms with Crippen molar-refractivity contribution in [2.75, 3.05) is 0 Å². The zero-order valence-electron chi connectivity index (χ0n) is 12.5. The molecule has 7 heteroatoms. The number of aryl methyl sites for hydroxylation is 1. The first-order valence-electron chi connectivity index (χ1n) is 7.08. The first-order valence-corrected chi connectivity index (χ1v) is 7.46. The molecule has 1 amide bonds. The molecule has 0 unspecified atom stereocenters. The number of nitrogens with zero attached hydrogens (tertiary/aromatic N) is 3. The Kier molecular flexibility index (Phi) is 4.43. The Labute approximate surface area is 138 Å². The second-order valence-electron chi connectivity index (χ2n) is 5.05. The Morgan fingerprint density at radius 2 is 2.04 bits per heavy atom. The highest BCUT2D eigenvalue weighted by atomic mass is 35.5. The summed E-state index contributed by atoms with van der Waals surface area (Å²) in [6.07, 6.45) is 1.80. The summed E-state index contributed by atoms with van der Waals surface area (Å²) in [6.45, 7) is 2.35. The molecule has 2 heterocycles. The zero-order chi connectivity index (χ0) is 16.2. The summed E-state index contributed by atoms with van der Waals surface area (Å²) in [7, 11) is 0. The van der Waals surface area contributed by atoms with Gasteiger partial charge in [-0.3, -0.25) is 4.79 Å². The Morgan fingerprint density at radius 1 is 1.26 bits per heavy atom. The van der Waals surface area contributed by atoms with Gasteiger partial charge in [0.2, 0.25) is 11.8 Å². The number of nitrogens with one attached hydrogen (secondary N) is 1. The van der Waals surface area contributed by atoms with Crippen LogP contribution in [0, 0.1) is 6.92 Å². The molecule has 1 N–H and O–H groups in total. The molecule has 3 rings (SSSR count). The third-order valence-electron chi connectivity index (χ3n) is 3.29. The van der Waals surface area contributed by atoms with E-state index in [1.165, 1.54) is 0 Å². The van der Waals surface area contributed by atoms with Gasteiger partial charge in [0.05, 0.1) is 0 Å². The molecule has 0 saturated carbocycles. The minimum Gasteiger partial charge on any atom is -0.420 e. The first kappa shape index (κ1) is 15.3. The van der Waals surface area contributed by atoms with Gasteiger partial charge in [-0.15, -0.1) is 10.2 Å². The van der Waals surface area contributed by atoms with E-state index < -0.39 is 0 Å². The van der Waals surface area contributed by atoms with Crippen molar-refractivity contribution >= 4 is 17.5 Å². The third-order valence-corrected chi connectivity index (χ3v) is 3.54. The van der Waals surface area contributed by atoms with Gasteiger partial charge in [-0.05, 0) is 29.8 Å². The van der Waals surface area contributed by atoms with E-state index >= 15 is 0 Å². The smallest absolute Gasteiger partial charge is 0.264 e. The van der Waals surface area contributed by atoms with Crippen molar-refractivity contribution in [1.29, 1.82) is 0 Å². The van der Waals surface area contributed by atoms with Gasteiger partial charge in [0, 0.05) is 24.7 Å². The number of benzene rings is 1. The predicted octanol–water partition coefficient (Wildman–Crippen LogP) is 2.82. The summed E-state index contributed by atoms with van der Waals surface area (Å²) in [6, 6.07) is 11.0. The highest BCUT2D eigenvalue weighted by Gasteiger charge is 2.12. The predicted molar refractivity (Wildman–Crippen MR) is 85.8 cm³/mol. The van der Waals surface area contributed by atoms with Crippen LogP contribution in [0.15, 0.2) is 47.0 Å². The van der Waals surface area contributed by atoms with E-state index in [0.717, 1.165) is 5.56 Å². The molecular weight excluding hydrogens is 316 g/mol. The van der Waals surface area contributed by atoms with Crippen LogP contribution in [0.3, 0.4) is 0 Å². The highest BCUT2D eigenvalue weighted by Crippen LogP contribution is 2.18. The number of aromatic nitrogens is 3. The molecule has 0 aliphatic heterocycles. The van der Waals surface area contributed by atoms with Crippen molar-refractivity contribution in [2.45, 2.75) is 20.0 Å². The SMILES string of the molecule is Cc1nnc(-c2cccn2CC(=O)NCc2ccc(Cl)cc2)o1.